The summed E-state index contributed by atoms with van der Waals surface area (Å²) in [4.78, 5) is 0. The number of unbranched alkanes of at least 4 members (excludes halogenated alkanes) is 13. The Morgan fingerprint density at radius 2 is 1.21 bits per heavy atom. The Morgan fingerprint density at radius 1 is 0.750 bits per heavy atom. The van der Waals surface area contributed by atoms with Crippen molar-refractivity contribution in [2.45, 2.75) is 116 Å². The molecule has 0 aromatic carbocycles. The van der Waals surface area contributed by atoms with Gasteiger partial charge in [-0.05, 0) is 25.5 Å². The highest BCUT2D eigenvalue weighted by Gasteiger charge is 2.10. The van der Waals surface area contributed by atoms with Crippen LogP contribution in [0.2, 0.25) is 0 Å². The van der Waals surface area contributed by atoms with Crippen molar-refractivity contribution < 1.29 is 9.52 Å². The van der Waals surface area contributed by atoms with Gasteiger partial charge in [-0.1, -0.05) is 96.8 Å². The van der Waals surface area contributed by atoms with Crippen LogP contribution in [0.15, 0.2) is 16.5 Å². The van der Waals surface area contributed by atoms with Gasteiger partial charge in [-0.25, -0.2) is 0 Å². The monoisotopic (exact) mass is 336 g/mol. The smallest absolute Gasteiger partial charge is 0.132 e. The van der Waals surface area contributed by atoms with Crippen LogP contribution in [-0.4, -0.2) is 5.11 Å². The van der Waals surface area contributed by atoms with Crippen LogP contribution in [0.4, 0.5) is 0 Å². The Kier molecular flexibility index (Phi) is 12.9. The summed E-state index contributed by atoms with van der Waals surface area (Å²) in [6, 6.07) is 3.81. The third-order valence-corrected chi connectivity index (χ3v) is 4.92. The third kappa shape index (κ3) is 10.9. The molecule has 1 aromatic heterocycles. The molecule has 2 heteroatoms. The zero-order chi connectivity index (χ0) is 17.5. The first-order valence-electron chi connectivity index (χ1n) is 10.5. The van der Waals surface area contributed by atoms with E-state index in [1.54, 1.807) is 0 Å². The van der Waals surface area contributed by atoms with E-state index in [0.717, 1.165) is 24.4 Å². The Labute approximate surface area is 150 Å². The molecule has 1 unspecified atom stereocenters. The fourth-order valence-corrected chi connectivity index (χ4v) is 3.31. The van der Waals surface area contributed by atoms with E-state index in [1.165, 1.54) is 83.5 Å². The van der Waals surface area contributed by atoms with Gasteiger partial charge in [0.1, 0.15) is 17.6 Å². The van der Waals surface area contributed by atoms with E-state index >= 15 is 0 Å². The maximum atomic E-state index is 10.0. The van der Waals surface area contributed by atoms with Crippen molar-refractivity contribution in [3.05, 3.63) is 23.7 Å². The van der Waals surface area contributed by atoms with Crippen LogP contribution in [0.25, 0.3) is 0 Å². The molecule has 2 nitrogen and oxygen atoms in total. The summed E-state index contributed by atoms with van der Waals surface area (Å²) in [5, 5.41) is 10.0. The predicted octanol–water partition coefficient (Wildman–Crippen LogP) is 7.49. The van der Waals surface area contributed by atoms with Gasteiger partial charge in [-0.3, -0.25) is 0 Å². The van der Waals surface area contributed by atoms with Gasteiger partial charge in [-0.2, -0.15) is 0 Å². The topological polar surface area (TPSA) is 33.4 Å². The van der Waals surface area contributed by atoms with Crippen molar-refractivity contribution in [3.63, 3.8) is 0 Å². The average molecular weight is 337 g/mol. The second kappa shape index (κ2) is 14.6. The molecule has 0 aliphatic carbocycles. The van der Waals surface area contributed by atoms with Crippen molar-refractivity contribution in [2.24, 2.45) is 0 Å². The molecule has 1 aromatic rings. The van der Waals surface area contributed by atoms with E-state index in [2.05, 4.69) is 6.92 Å². The van der Waals surface area contributed by atoms with Gasteiger partial charge in [0.15, 0.2) is 0 Å². The second-order valence-corrected chi connectivity index (χ2v) is 7.35. The van der Waals surface area contributed by atoms with Gasteiger partial charge in [0, 0.05) is 0 Å². The predicted molar refractivity (Wildman–Crippen MR) is 103 cm³/mol. The molecule has 0 aliphatic rings. The number of rotatable bonds is 16. The first-order chi connectivity index (χ1) is 11.7. The molecule has 0 saturated carbocycles. The normalized spacial score (nSPS) is 12.6. The van der Waals surface area contributed by atoms with Gasteiger partial charge in [0.25, 0.3) is 0 Å². The third-order valence-electron chi connectivity index (χ3n) is 4.92. The number of hydrogen-bond donors (Lipinski definition) is 1. The summed E-state index contributed by atoms with van der Waals surface area (Å²) in [5.41, 5.74) is 0. The van der Waals surface area contributed by atoms with Gasteiger partial charge in [0.2, 0.25) is 0 Å². The quantitative estimate of drug-likeness (QED) is 0.317. The molecule has 0 amide bonds. The molecule has 0 aliphatic heterocycles. The summed E-state index contributed by atoms with van der Waals surface area (Å²) < 4.78 is 5.46. The molecule has 0 fully saturated rings. The van der Waals surface area contributed by atoms with Crippen LogP contribution in [0.3, 0.4) is 0 Å². The fourth-order valence-electron chi connectivity index (χ4n) is 3.31. The van der Waals surface area contributed by atoms with Gasteiger partial charge in [0.05, 0.1) is 0 Å². The second-order valence-electron chi connectivity index (χ2n) is 7.35. The highest BCUT2D eigenvalue weighted by Crippen LogP contribution is 2.22. The molecular weight excluding hydrogens is 296 g/mol. The van der Waals surface area contributed by atoms with E-state index < -0.39 is 6.10 Å². The summed E-state index contributed by atoms with van der Waals surface area (Å²) in [7, 11) is 0. The van der Waals surface area contributed by atoms with Crippen LogP contribution >= 0.6 is 0 Å². The van der Waals surface area contributed by atoms with Gasteiger partial charge in [-0.15, -0.1) is 0 Å². The SMILES string of the molecule is CCCCCCCCCCCCCCCCC(O)c1ccc(C)o1. The minimum absolute atomic E-state index is 0.420. The van der Waals surface area contributed by atoms with Crippen LogP contribution in [0.1, 0.15) is 121 Å². The maximum Gasteiger partial charge on any atom is 0.132 e. The summed E-state index contributed by atoms with van der Waals surface area (Å²) in [5.74, 6) is 1.60. The van der Waals surface area contributed by atoms with Crippen molar-refractivity contribution in [2.75, 3.05) is 0 Å². The van der Waals surface area contributed by atoms with E-state index in [1.807, 2.05) is 19.1 Å². The van der Waals surface area contributed by atoms with Crippen LogP contribution in [0, 0.1) is 6.92 Å². The Balaban J connectivity index is 1.79. The van der Waals surface area contributed by atoms with E-state index in [4.69, 9.17) is 4.42 Å². The zero-order valence-electron chi connectivity index (χ0n) is 16.2. The molecule has 0 spiro atoms. The van der Waals surface area contributed by atoms with Gasteiger partial charge < -0.3 is 9.52 Å². The van der Waals surface area contributed by atoms with E-state index in [-0.39, 0.29) is 0 Å². The largest absolute Gasteiger partial charge is 0.464 e. The molecule has 1 atom stereocenters. The maximum absolute atomic E-state index is 10.0. The fraction of sp³-hybridized carbons (Fsp3) is 0.818. The minimum atomic E-state index is -0.420. The van der Waals surface area contributed by atoms with Crippen molar-refractivity contribution in [3.8, 4) is 0 Å². The number of furan rings is 1. The Hall–Kier alpha value is -0.760. The minimum Gasteiger partial charge on any atom is -0.464 e. The lowest BCUT2D eigenvalue weighted by atomic mass is 10.0. The van der Waals surface area contributed by atoms with Crippen molar-refractivity contribution in [1.29, 1.82) is 0 Å². The van der Waals surface area contributed by atoms with E-state index in [9.17, 15) is 5.11 Å². The summed E-state index contributed by atoms with van der Waals surface area (Å²) in [6.07, 6.45) is 19.6. The molecular formula is C22H40O2. The first kappa shape index (κ1) is 21.3. The van der Waals surface area contributed by atoms with Crippen molar-refractivity contribution in [1.82, 2.24) is 0 Å². The molecule has 140 valence electrons. The number of aryl methyl sites for hydroxylation is 1. The molecule has 0 radical (unpaired) electrons. The molecule has 0 saturated heterocycles. The highest BCUT2D eigenvalue weighted by molar-refractivity contribution is 5.07. The average Bonchev–Trinajstić information content (AvgIpc) is 3.01. The lowest BCUT2D eigenvalue weighted by Crippen LogP contribution is -1.95. The number of aliphatic hydroxyl groups is 1. The standard InChI is InChI=1S/C22H40O2/c1-3-4-5-6-7-8-9-10-11-12-13-14-15-16-17-21(23)22-19-18-20(2)24-22/h18-19,21,23H,3-17H2,1-2H3. The zero-order valence-corrected chi connectivity index (χ0v) is 16.2. The molecule has 1 rings (SSSR count). The summed E-state index contributed by atoms with van der Waals surface area (Å²) in [6.45, 7) is 4.20. The Bertz CT molecular complexity index is 383. The number of hydrogen-bond acceptors (Lipinski definition) is 2. The Morgan fingerprint density at radius 3 is 1.62 bits per heavy atom. The lowest BCUT2D eigenvalue weighted by molar-refractivity contribution is 0.135. The number of aliphatic hydroxyl groups excluding tert-OH is 1. The molecule has 0 bridgehead atoms. The summed E-state index contributed by atoms with van der Waals surface area (Å²) >= 11 is 0. The van der Waals surface area contributed by atoms with Crippen LogP contribution in [-0.2, 0) is 0 Å². The van der Waals surface area contributed by atoms with Crippen molar-refractivity contribution >= 4 is 0 Å². The van der Waals surface area contributed by atoms with Crippen LogP contribution < -0.4 is 0 Å². The first-order valence-corrected chi connectivity index (χ1v) is 10.5. The van der Waals surface area contributed by atoms with E-state index in [0.29, 0.717) is 0 Å². The molecule has 1 N–H and O–H groups in total. The molecule has 24 heavy (non-hydrogen) atoms. The highest BCUT2D eigenvalue weighted by atomic mass is 16.4. The molecule has 1 heterocycles. The van der Waals surface area contributed by atoms with Gasteiger partial charge >= 0.3 is 0 Å². The van der Waals surface area contributed by atoms with Crippen LogP contribution in [0.5, 0.6) is 0 Å². The lowest BCUT2D eigenvalue weighted by Gasteiger charge is -2.07.